The first-order valence-electron chi connectivity index (χ1n) is 6.86. The molecule has 5 nitrogen and oxygen atoms in total. The Hall–Kier alpha value is -1.91. The first kappa shape index (κ1) is 12.1. The molecule has 1 aliphatic rings. The van der Waals surface area contributed by atoms with Gasteiger partial charge in [0.1, 0.15) is 0 Å². The van der Waals surface area contributed by atoms with Crippen molar-refractivity contribution in [3.8, 4) is 11.4 Å². The molecule has 3 rings (SSSR count). The molecule has 2 aromatic rings. The van der Waals surface area contributed by atoms with E-state index in [2.05, 4.69) is 15.5 Å². The summed E-state index contributed by atoms with van der Waals surface area (Å²) in [6.45, 7) is 2.89. The third-order valence-corrected chi connectivity index (χ3v) is 3.74. The Morgan fingerprint density at radius 3 is 2.95 bits per heavy atom. The Labute approximate surface area is 112 Å². The van der Waals surface area contributed by atoms with Crippen molar-refractivity contribution in [2.75, 3.05) is 5.73 Å². The quantitative estimate of drug-likeness (QED) is 0.835. The van der Waals surface area contributed by atoms with Gasteiger partial charge in [-0.25, -0.2) is 4.68 Å². The number of rotatable bonds is 5. The van der Waals surface area contributed by atoms with Gasteiger partial charge in [-0.05, 0) is 59.9 Å². The minimum atomic E-state index is 0.802. The highest BCUT2D eigenvalue weighted by atomic mass is 15.5. The van der Waals surface area contributed by atoms with Gasteiger partial charge in [0.15, 0.2) is 5.82 Å². The molecule has 0 bridgehead atoms. The molecule has 5 heteroatoms. The third-order valence-electron chi connectivity index (χ3n) is 3.74. The zero-order chi connectivity index (χ0) is 13.2. The van der Waals surface area contributed by atoms with Crippen LogP contribution in [0, 0.1) is 12.8 Å². The fourth-order valence-electron chi connectivity index (χ4n) is 2.31. The predicted octanol–water partition coefficient (Wildman–Crippen LogP) is 2.42. The van der Waals surface area contributed by atoms with Gasteiger partial charge >= 0.3 is 0 Å². The molecule has 0 aliphatic heterocycles. The van der Waals surface area contributed by atoms with Gasteiger partial charge in [-0.2, -0.15) is 0 Å². The number of tetrazole rings is 1. The van der Waals surface area contributed by atoms with Gasteiger partial charge in [0.05, 0.1) is 0 Å². The first-order chi connectivity index (χ1) is 9.24. The average molecular weight is 257 g/mol. The van der Waals surface area contributed by atoms with Crippen molar-refractivity contribution >= 4 is 5.69 Å². The van der Waals surface area contributed by atoms with Crippen molar-refractivity contribution in [3.05, 3.63) is 23.8 Å². The monoisotopic (exact) mass is 257 g/mol. The van der Waals surface area contributed by atoms with Crippen molar-refractivity contribution in [1.29, 1.82) is 0 Å². The standard InChI is InChI=1S/C14H19N5/c1-10-9-12(6-7-13(10)15)14-16-17-18-19(14)8-2-3-11-4-5-11/h6-7,9,11H,2-5,8,15H2,1H3. The van der Waals surface area contributed by atoms with E-state index in [4.69, 9.17) is 5.73 Å². The molecular formula is C14H19N5. The Bertz CT molecular complexity index is 571. The molecule has 0 unspecified atom stereocenters. The van der Waals surface area contributed by atoms with Gasteiger partial charge in [0.25, 0.3) is 0 Å². The summed E-state index contributed by atoms with van der Waals surface area (Å²) in [6.07, 6.45) is 5.25. The number of hydrogen-bond acceptors (Lipinski definition) is 4. The zero-order valence-electron chi connectivity index (χ0n) is 11.2. The summed E-state index contributed by atoms with van der Waals surface area (Å²) in [5, 5.41) is 12.0. The molecule has 1 heterocycles. The van der Waals surface area contributed by atoms with Gasteiger partial charge in [-0.15, -0.1) is 5.10 Å². The predicted molar refractivity (Wildman–Crippen MR) is 74.4 cm³/mol. The van der Waals surface area contributed by atoms with E-state index in [-0.39, 0.29) is 0 Å². The number of benzene rings is 1. The maximum atomic E-state index is 5.84. The maximum Gasteiger partial charge on any atom is 0.182 e. The zero-order valence-corrected chi connectivity index (χ0v) is 11.2. The molecule has 1 fully saturated rings. The molecule has 0 saturated heterocycles. The summed E-state index contributed by atoms with van der Waals surface area (Å²) in [6, 6.07) is 5.93. The van der Waals surface area contributed by atoms with Crippen LogP contribution in [0.2, 0.25) is 0 Å². The van der Waals surface area contributed by atoms with Crippen molar-refractivity contribution in [2.45, 2.75) is 39.2 Å². The molecule has 2 N–H and O–H groups in total. The SMILES string of the molecule is Cc1cc(-c2nnnn2CCCC2CC2)ccc1N. The maximum absolute atomic E-state index is 5.84. The van der Waals surface area contributed by atoms with E-state index < -0.39 is 0 Å². The molecular weight excluding hydrogens is 238 g/mol. The lowest BCUT2D eigenvalue weighted by molar-refractivity contribution is 0.526. The van der Waals surface area contributed by atoms with Crippen molar-refractivity contribution < 1.29 is 0 Å². The molecule has 0 atom stereocenters. The van der Waals surface area contributed by atoms with Crippen LogP contribution in [0.4, 0.5) is 5.69 Å². The number of aryl methyl sites for hydroxylation is 2. The van der Waals surface area contributed by atoms with Crippen LogP contribution >= 0.6 is 0 Å². The second kappa shape index (κ2) is 4.99. The van der Waals surface area contributed by atoms with Gasteiger partial charge < -0.3 is 5.73 Å². The normalized spacial score (nSPS) is 14.8. The minimum absolute atomic E-state index is 0.802. The first-order valence-corrected chi connectivity index (χ1v) is 6.86. The van der Waals surface area contributed by atoms with E-state index in [1.807, 2.05) is 29.8 Å². The summed E-state index contributed by atoms with van der Waals surface area (Å²) < 4.78 is 1.90. The van der Waals surface area contributed by atoms with E-state index in [1.54, 1.807) is 0 Å². The molecule has 100 valence electrons. The highest BCUT2D eigenvalue weighted by Gasteiger charge is 2.20. The van der Waals surface area contributed by atoms with Crippen LogP contribution in [0.1, 0.15) is 31.2 Å². The van der Waals surface area contributed by atoms with Crippen LogP contribution < -0.4 is 5.73 Å². The smallest absolute Gasteiger partial charge is 0.182 e. The molecule has 19 heavy (non-hydrogen) atoms. The van der Waals surface area contributed by atoms with Crippen molar-refractivity contribution in [3.63, 3.8) is 0 Å². The molecule has 1 saturated carbocycles. The molecule has 0 radical (unpaired) electrons. The number of nitrogen functional groups attached to an aromatic ring is 1. The average Bonchev–Trinajstić information content (AvgIpc) is 3.10. The number of nitrogens with zero attached hydrogens (tertiary/aromatic N) is 4. The van der Waals surface area contributed by atoms with E-state index in [1.165, 1.54) is 19.3 Å². The summed E-state index contributed by atoms with van der Waals surface area (Å²) in [4.78, 5) is 0. The van der Waals surface area contributed by atoms with E-state index in [9.17, 15) is 0 Å². The molecule has 1 aromatic carbocycles. The van der Waals surface area contributed by atoms with Gasteiger partial charge in [-0.1, -0.05) is 12.8 Å². The Morgan fingerprint density at radius 1 is 1.37 bits per heavy atom. The Morgan fingerprint density at radius 2 is 2.21 bits per heavy atom. The minimum Gasteiger partial charge on any atom is -0.399 e. The summed E-state index contributed by atoms with van der Waals surface area (Å²) in [5.74, 6) is 1.79. The van der Waals surface area contributed by atoms with E-state index in [0.717, 1.165) is 41.5 Å². The third kappa shape index (κ3) is 2.75. The van der Waals surface area contributed by atoms with E-state index in [0.29, 0.717) is 0 Å². The van der Waals surface area contributed by atoms with Crippen LogP contribution in [-0.4, -0.2) is 20.2 Å². The molecule has 0 amide bonds. The lowest BCUT2D eigenvalue weighted by Crippen LogP contribution is -2.04. The number of anilines is 1. The summed E-state index contributed by atoms with van der Waals surface area (Å²) in [5.41, 5.74) is 8.74. The fourth-order valence-corrected chi connectivity index (χ4v) is 2.31. The van der Waals surface area contributed by atoms with Crippen LogP contribution in [0.3, 0.4) is 0 Å². The second-order valence-corrected chi connectivity index (χ2v) is 5.38. The van der Waals surface area contributed by atoms with Crippen LogP contribution in [0.5, 0.6) is 0 Å². The lowest BCUT2D eigenvalue weighted by Gasteiger charge is -2.06. The molecule has 1 aromatic heterocycles. The topological polar surface area (TPSA) is 69.6 Å². The van der Waals surface area contributed by atoms with Gasteiger partial charge in [0, 0.05) is 17.8 Å². The Balaban J connectivity index is 1.75. The summed E-state index contributed by atoms with van der Waals surface area (Å²) in [7, 11) is 0. The largest absolute Gasteiger partial charge is 0.399 e. The number of aromatic nitrogens is 4. The Kier molecular flexibility index (Phi) is 3.19. The molecule has 1 aliphatic carbocycles. The van der Waals surface area contributed by atoms with Gasteiger partial charge in [0.2, 0.25) is 0 Å². The molecule has 0 spiro atoms. The van der Waals surface area contributed by atoms with Crippen LogP contribution in [0.25, 0.3) is 11.4 Å². The van der Waals surface area contributed by atoms with Crippen molar-refractivity contribution in [2.24, 2.45) is 5.92 Å². The van der Waals surface area contributed by atoms with E-state index >= 15 is 0 Å². The summed E-state index contributed by atoms with van der Waals surface area (Å²) >= 11 is 0. The van der Waals surface area contributed by atoms with Crippen LogP contribution in [-0.2, 0) is 6.54 Å². The van der Waals surface area contributed by atoms with Gasteiger partial charge in [-0.3, -0.25) is 0 Å². The number of nitrogens with two attached hydrogens (primary N) is 1. The number of hydrogen-bond donors (Lipinski definition) is 1. The van der Waals surface area contributed by atoms with Crippen molar-refractivity contribution in [1.82, 2.24) is 20.2 Å². The fraction of sp³-hybridized carbons (Fsp3) is 0.500. The highest BCUT2D eigenvalue weighted by Crippen LogP contribution is 2.33. The highest BCUT2D eigenvalue weighted by molar-refractivity contribution is 5.61. The second-order valence-electron chi connectivity index (χ2n) is 5.38. The lowest BCUT2D eigenvalue weighted by atomic mass is 10.1. The van der Waals surface area contributed by atoms with Crippen LogP contribution in [0.15, 0.2) is 18.2 Å².